The molecule has 0 heterocycles. The molecule has 0 saturated carbocycles. The molecule has 10 nitrogen and oxygen atoms in total. The zero-order chi connectivity index (χ0) is 29.0. The van der Waals surface area contributed by atoms with Crippen LogP contribution in [0.1, 0.15) is 38.3 Å². The highest BCUT2D eigenvalue weighted by atomic mass is 32.2. The summed E-state index contributed by atoms with van der Waals surface area (Å²) in [5, 5.41) is 6.61. The smallest absolute Gasteiger partial charge is 0.255 e. The molecule has 0 bridgehead atoms. The Morgan fingerprint density at radius 3 is 2.33 bits per heavy atom. The number of anilines is 1. The van der Waals surface area contributed by atoms with E-state index in [1.165, 1.54) is 37.4 Å². The van der Waals surface area contributed by atoms with E-state index < -0.39 is 22.5 Å². The third kappa shape index (κ3) is 8.92. The predicted molar refractivity (Wildman–Crippen MR) is 154 cm³/mol. The van der Waals surface area contributed by atoms with Crippen molar-refractivity contribution >= 4 is 33.7 Å². The van der Waals surface area contributed by atoms with E-state index >= 15 is 0 Å². The van der Waals surface area contributed by atoms with Crippen molar-refractivity contribution in [2.45, 2.75) is 38.6 Å². The van der Waals surface area contributed by atoms with Crippen LogP contribution in [0.5, 0.6) is 11.5 Å². The molecule has 3 aromatic carbocycles. The first-order chi connectivity index (χ1) is 19.2. The quantitative estimate of drug-likeness (QED) is 0.223. The van der Waals surface area contributed by atoms with Crippen LogP contribution in [0, 0.1) is 0 Å². The molecule has 0 fully saturated rings. The summed E-state index contributed by atoms with van der Waals surface area (Å²) in [6.07, 6.45) is 2.31. The van der Waals surface area contributed by atoms with Gasteiger partial charge in [-0.25, -0.2) is 13.8 Å². The summed E-state index contributed by atoms with van der Waals surface area (Å²) in [7, 11) is -4.06. The third-order valence-electron chi connectivity index (χ3n) is 5.47. The molecule has 3 aromatic rings. The summed E-state index contributed by atoms with van der Waals surface area (Å²) in [6.45, 7) is 5.78. The van der Waals surface area contributed by atoms with Crippen LogP contribution < -0.4 is 20.2 Å². The first kappa shape index (κ1) is 30.3. The molecule has 2 N–H and O–H groups in total. The molecule has 0 unspecified atom stereocenters. The summed E-state index contributed by atoms with van der Waals surface area (Å²) >= 11 is 0. The molecular weight excluding hydrogens is 532 g/mol. The fourth-order valence-corrected chi connectivity index (χ4v) is 5.04. The van der Waals surface area contributed by atoms with E-state index in [1.807, 2.05) is 19.9 Å². The number of nitrogens with one attached hydrogen (secondary N) is 2. The maximum absolute atomic E-state index is 13.5. The van der Waals surface area contributed by atoms with Gasteiger partial charge in [0.2, 0.25) is 15.9 Å². The van der Waals surface area contributed by atoms with Crippen LogP contribution in [-0.2, 0) is 26.2 Å². The van der Waals surface area contributed by atoms with Gasteiger partial charge in [0.1, 0.15) is 0 Å². The summed E-state index contributed by atoms with van der Waals surface area (Å²) in [5.74, 6) is 0.305. The average Bonchev–Trinajstić information content (AvgIpc) is 2.93. The van der Waals surface area contributed by atoms with Gasteiger partial charge in [-0.15, -0.1) is 0 Å². The Balaban J connectivity index is 1.75. The number of carbonyl (C=O) groups excluding carboxylic acids is 2. The van der Waals surface area contributed by atoms with E-state index in [0.717, 1.165) is 10.7 Å². The molecule has 212 valence electrons. The standard InChI is InChI=1S/C29H34N4O6S/c1-4-17-39-27-16-11-24(18-28(27)38-5-2)19-30-32-29(35)21-33(20-23-9-7-6-8-10-23)40(36,37)26-14-12-25(13-15-26)31-22(3)34/h6-16,18-19H,4-5,17,20-21H2,1-3H3,(H,31,34)(H,32,35)/b30-19-. The van der Waals surface area contributed by atoms with Crippen molar-refractivity contribution in [2.24, 2.45) is 5.10 Å². The van der Waals surface area contributed by atoms with Crippen molar-refractivity contribution in [3.63, 3.8) is 0 Å². The van der Waals surface area contributed by atoms with Gasteiger partial charge in [0.15, 0.2) is 11.5 Å². The Bertz CT molecular complexity index is 1410. The number of carbonyl (C=O) groups is 2. The maximum atomic E-state index is 13.5. The largest absolute Gasteiger partial charge is 0.490 e. The lowest BCUT2D eigenvalue weighted by Gasteiger charge is -2.21. The minimum atomic E-state index is -4.06. The fraction of sp³-hybridized carbons (Fsp3) is 0.276. The van der Waals surface area contributed by atoms with Crippen LogP contribution in [0.3, 0.4) is 0 Å². The highest BCUT2D eigenvalue weighted by molar-refractivity contribution is 7.89. The topological polar surface area (TPSA) is 126 Å². The van der Waals surface area contributed by atoms with Crippen molar-refractivity contribution in [1.29, 1.82) is 0 Å². The Kier molecular flexibility index (Phi) is 11.2. The molecule has 0 saturated heterocycles. The van der Waals surface area contributed by atoms with Crippen LogP contribution in [-0.4, -0.2) is 50.5 Å². The molecule has 0 aromatic heterocycles. The van der Waals surface area contributed by atoms with E-state index in [9.17, 15) is 18.0 Å². The number of hydrogen-bond acceptors (Lipinski definition) is 7. The number of benzene rings is 3. The SMILES string of the molecule is CCCOc1ccc(/C=N\NC(=O)CN(Cc2ccccc2)S(=O)(=O)c2ccc(NC(C)=O)cc2)cc1OCC. The fourth-order valence-electron chi connectivity index (χ4n) is 3.65. The van der Waals surface area contributed by atoms with Crippen LogP contribution in [0.2, 0.25) is 0 Å². The van der Waals surface area contributed by atoms with Gasteiger partial charge in [-0.2, -0.15) is 9.41 Å². The van der Waals surface area contributed by atoms with Crippen LogP contribution in [0.4, 0.5) is 5.69 Å². The monoisotopic (exact) mass is 566 g/mol. The zero-order valence-electron chi connectivity index (χ0n) is 22.8. The lowest BCUT2D eigenvalue weighted by atomic mass is 10.2. The highest BCUT2D eigenvalue weighted by Gasteiger charge is 2.27. The first-order valence-corrected chi connectivity index (χ1v) is 14.3. The predicted octanol–water partition coefficient (Wildman–Crippen LogP) is 4.17. The molecule has 3 rings (SSSR count). The van der Waals surface area contributed by atoms with Gasteiger partial charge in [-0.05, 0) is 66.9 Å². The molecule has 0 aliphatic rings. The third-order valence-corrected chi connectivity index (χ3v) is 7.27. The molecule has 11 heteroatoms. The summed E-state index contributed by atoms with van der Waals surface area (Å²) in [5.41, 5.74) is 4.25. The summed E-state index contributed by atoms with van der Waals surface area (Å²) in [6, 6.07) is 20.0. The van der Waals surface area contributed by atoms with Crippen LogP contribution in [0.15, 0.2) is 82.8 Å². The second kappa shape index (κ2) is 14.8. The summed E-state index contributed by atoms with van der Waals surface area (Å²) in [4.78, 5) is 24.1. The van der Waals surface area contributed by atoms with Gasteiger partial charge in [0.25, 0.3) is 5.91 Å². The lowest BCUT2D eigenvalue weighted by molar-refractivity contribution is -0.121. The van der Waals surface area contributed by atoms with Gasteiger partial charge >= 0.3 is 0 Å². The minimum Gasteiger partial charge on any atom is -0.490 e. The molecule has 40 heavy (non-hydrogen) atoms. The summed E-state index contributed by atoms with van der Waals surface area (Å²) < 4.78 is 39.4. The number of ether oxygens (including phenoxy) is 2. The first-order valence-electron chi connectivity index (χ1n) is 12.9. The Morgan fingerprint density at radius 1 is 0.950 bits per heavy atom. The molecule has 0 spiro atoms. The molecule has 2 amide bonds. The molecule has 0 radical (unpaired) electrons. The van der Waals surface area contributed by atoms with Crippen molar-refractivity contribution in [2.75, 3.05) is 25.1 Å². The molecule has 0 aliphatic carbocycles. The molecule has 0 atom stereocenters. The van der Waals surface area contributed by atoms with Crippen LogP contribution >= 0.6 is 0 Å². The normalized spacial score (nSPS) is 11.4. The van der Waals surface area contributed by atoms with E-state index in [-0.39, 0.29) is 17.3 Å². The van der Waals surface area contributed by atoms with E-state index in [2.05, 4.69) is 15.8 Å². The maximum Gasteiger partial charge on any atom is 0.255 e. The van der Waals surface area contributed by atoms with Crippen molar-refractivity contribution in [1.82, 2.24) is 9.73 Å². The van der Waals surface area contributed by atoms with Crippen molar-refractivity contribution in [3.05, 3.63) is 83.9 Å². The van der Waals surface area contributed by atoms with Gasteiger partial charge in [0.05, 0.1) is 30.9 Å². The second-order valence-electron chi connectivity index (χ2n) is 8.75. The van der Waals surface area contributed by atoms with E-state index in [4.69, 9.17) is 9.47 Å². The van der Waals surface area contributed by atoms with Crippen molar-refractivity contribution in [3.8, 4) is 11.5 Å². The van der Waals surface area contributed by atoms with Gasteiger partial charge in [0, 0.05) is 19.2 Å². The minimum absolute atomic E-state index is 0.0114. The highest BCUT2D eigenvalue weighted by Crippen LogP contribution is 2.28. The number of rotatable bonds is 14. The van der Waals surface area contributed by atoms with Crippen molar-refractivity contribution < 1.29 is 27.5 Å². The Hall–Kier alpha value is -4.22. The van der Waals surface area contributed by atoms with Crippen LogP contribution in [0.25, 0.3) is 0 Å². The van der Waals surface area contributed by atoms with Gasteiger partial charge in [-0.1, -0.05) is 37.3 Å². The van der Waals surface area contributed by atoms with E-state index in [0.29, 0.717) is 41.5 Å². The number of sulfonamides is 1. The van der Waals surface area contributed by atoms with Gasteiger partial charge in [-0.3, -0.25) is 9.59 Å². The Morgan fingerprint density at radius 2 is 1.68 bits per heavy atom. The molecule has 0 aliphatic heterocycles. The number of hydrazone groups is 1. The second-order valence-corrected chi connectivity index (χ2v) is 10.7. The Labute approximate surface area is 235 Å². The number of nitrogens with zero attached hydrogens (tertiary/aromatic N) is 2. The average molecular weight is 567 g/mol. The zero-order valence-corrected chi connectivity index (χ0v) is 23.6. The molecular formula is C29H34N4O6S. The number of hydrogen-bond donors (Lipinski definition) is 2. The number of amides is 2. The van der Waals surface area contributed by atoms with E-state index in [1.54, 1.807) is 42.5 Å². The van der Waals surface area contributed by atoms with Gasteiger partial charge < -0.3 is 14.8 Å². The lowest BCUT2D eigenvalue weighted by Crippen LogP contribution is -2.39.